The summed E-state index contributed by atoms with van der Waals surface area (Å²) < 4.78 is 52.7. The van der Waals surface area contributed by atoms with Gasteiger partial charge in [-0.15, -0.1) is 5.73 Å². The predicted molar refractivity (Wildman–Crippen MR) is 107 cm³/mol. The number of esters is 1. The Morgan fingerprint density at radius 3 is 1.93 bits per heavy atom. The lowest BCUT2D eigenvalue weighted by atomic mass is 9.87. The van der Waals surface area contributed by atoms with Crippen LogP contribution in [0.5, 0.6) is 0 Å². The molecule has 7 heteroatoms. The lowest BCUT2D eigenvalue weighted by Crippen LogP contribution is -2.54. The van der Waals surface area contributed by atoms with E-state index in [1.165, 1.54) is 24.3 Å². The number of hydrogen-bond acceptors (Lipinski definition) is 3. The molecule has 0 aliphatic carbocycles. The molecule has 0 saturated carbocycles. The van der Waals surface area contributed by atoms with Crippen molar-refractivity contribution in [3.05, 3.63) is 53.4 Å². The lowest BCUT2D eigenvalue weighted by molar-refractivity contribution is -0.278. The Hall–Kier alpha value is -1.82. The van der Waals surface area contributed by atoms with Crippen molar-refractivity contribution in [2.24, 2.45) is 5.41 Å². The van der Waals surface area contributed by atoms with Gasteiger partial charge in [0.15, 0.2) is 0 Å². The van der Waals surface area contributed by atoms with Crippen LogP contribution in [-0.2, 0) is 19.9 Å². The van der Waals surface area contributed by atoms with E-state index in [1.54, 1.807) is 26.8 Å². The summed E-state index contributed by atoms with van der Waals surface area (Å²) in [6.07, 6.45) is -5.93. The van der Waals surface area contributed by atoms with Crippen LogP contribution in [-0.4, -0.2) is 33.4 Å². The number of halogens is 3. The fourth-order valence-corrected chi connectivity index (χ4v) is 4.81. The Morgan fingerprint density at radius 2 is 1.61 bits per heavy atom. The zero-order valence-corrected chi connectivity index (χ0v) is 18.5. The number of ether oxygens (including phenoxy) is 2. The van der Waals surface area contributed by atoms with Crippen molar-refractivity contribution in [2.75, 3.05) is 7.11 Å². The van der Waals surface area contributed by atoms with Crippen molar-refractivity contribution in [2.45, 2.75) is 58.3 Å². The number of rotatable bonds is 6. The molecular weight excluding hydrogens is 385 g/mol. The molecule has 0 bridgehead atoms. The third-order valence-electron chi connectivity index (χ3n) is 4.45. The van der Waals surface area contributed by atoms with E-state index in [9.17, 15) is 18.0 Å². The zero-order valence-electron chi connectivity index (χ0n) is 17.5. The molecule has 0 radical (unpaired) electrons. The first-order chi connectivity index (χ1) is 12.6. The summed E-state index contributed by atoms with van der Waals surface area (Å²) in [5.41, 5.74) is -1.38. The monoisotopic (exact) mass is 414 g/mol. The fourth-order valence-electron chi connectivity index (χ4n) is 3.00. The van der Waals surface area contributed by atoms with Crippen molar-refractivity contribution >= 4 is 14.0 Å². The fraction of sp³-hybridized carbons (Fsp3) is 0.524. The Balaban J connectivity index is 3.57. The second-order valence-corrected chi connectivity index (χ2v) is 13.8. The van der Waals surface area contributed by atoms with Crippen molar-refractivity contribution in [3.63, 3.8) is 0 Å². The largest absolute Gasteiger partial charge is 0.454 e. The molecule has 0 aliphatic rings. The smallest absolute Gasteiger partial charge is 0.432 e. The van der Waals surface area contributed by atoms with Crippen molar-refractivity contribution in [1.29, 1.82) is 0 Å². The van der Waals surface area contributed by atoms with E-state index >= 15 is 0 Å². The first-order valence-electron chi connectivity index (χ1n) is 8.91. The molecule has 0 aromatic heterocycles. The van der Waals surface area contributed by atoms with Crippen LogP contribution < -0.4 is 0 Å². The van der Waals surface area contributed by atoms with Gasteiger partial charge in [-0.05, 0) is 5.20 Å². The van der Waals surface area contributed by atoms with Crippen LogP contribution in [0.1, 0.15) is 26.3 Å². The summed E-state index contributed by atoms with van der Waals surface area (Å²) >= 11 is 0. The molecule has 0 N–H and O–H groups in total. The van der Waals surface area contributed by atoms with Gasteiger partial charge in [-0.3, -0.25) is 0 Å². The van der Waals surface area contributed by atoms with Gasteiger partial charge in [0.05, 0.1) is 8.07 Å². The minimum absolute atomic E-state index is 0.334. The summed E-state index contributed by atoms with van der Waals surface area (Å²) in [7, 11) is -1.22. The molecule has 0 heterocycles. The summed E-state index contributed by atoms with van der Waals surface area (Å²) in [4.78, 5) is 13.0. The number of methoxy groups -OCH3 is 1. The topological polar surface area (TPSA) is 35.5 Å². The highest BCUT2D eigenvalue weighted by molar-refractivity contribution is 6.83. The van der Waals surface area contributed by atoms with Crippen LogP contribution in [0.25, 0.3) is 0 Å². The SMILES string of the molecule is C=C=C([C@H](OC(=O)C(OC)(c1ccccc1)C(F)(F)F)C(C)(C)C)[Si](C)(C)C. The molecule has 0 spiro atoms. The minimum atomic E-state index is -5.01. The Bertz CT molecular complexity index is 739. The van der Waals surface area contributed by atoms with Crippen LogP contribution in [0.15, 0.2) is 47.8 Å². The first kappa shape index (κ1) is 24.2. The minimum Gasteiger partial charge on any atom is -0.454 e. The highest BCUT2D eigenvalue weighted by Crippen LogP contribution is 2.44. The Labute approximate surface area is 166 Å². The number of carbonyl (C=O) groups excluding carboxylic acids is 1. The summed E-state index contributed by atoms with van der Waals surface area (Å²) in [5, 5.41) is 0.647. The third-order valence-corrected chi connectivity index (χ3v) is 6.50. The number of hydrogen-bond donors (Lipinski definition) is 0. The van der Waals surface area contributed by atoms with Crippen LogP contribution in [0, 0.1) is 5.41 Å². The summed E-state index contributed by atoms with van der Waals surface area (Å²) in [5.74, 6) is -1.50. The lowest BCUT2D eigenvalue weighted by Gasteiger charge is -2.39. The second-order valence-electron chi connectivity index (χ2n) is 8.74. The molecule has 0 saturated heterocycles. The van der Waals surface area contributed by atoms with E-state index in [4.69, 9.17) is 9.47 Å². The second kappa shape index (κ2) is 8.27. The van der Waals surface area contributed by atoms with E-state index in [0.717, 1.165) is 7.11 Å². The third kappa shape index (κ3) is 4.77. The molecule has 1 rings (SSSR count). The molecule has 0 aliphatic heterocycles. The highest BCUT2D eigenvalue weighted by atomic mass is 28.3. The Morgan fingerprint density at radius 1 is 1.11 bits per heavy atom. The van der Waals surface area contributed by atoms with Gasteiger partial charge < -0.3 is 9.47 Å². The van der Waals surface area contributed by atoms with Crippen molar-refractivity contribution in [3.8, 4) is 0 Å². The van der Waals surface area contributed by atoms with E-state index in [-0.39, 0.29) is 5.56 Å². The normalized spacial score (nSPS) is 15.9. The van der Waals surface area contributed by atoms with Gasteiger partial charge in [-0.1, -0.05) is 77.3 Å². The standard InChI is InChI=1S/C21H29F3O3Si/c1-9-16(28(6,7)8)17(19(2,3)4)27-18(25)20(26-5,21(22,23)24)15-13-11-10-12-14-15/h10-14,17H,1H2,2-8H3/t17-,20?/m0/s1. The average Bonchev–Trinajstić information content (AvgIpc) is 2.53. The molecule has 2 atom stereocenters. The van der Waals surface area contributed by atoms with Crippen molar-refractivity contribution in [1.82, 2.24) is 0 Å². The van der Waals surface area contributed by atoms with Gasteiger partial charge in [0.25, 0.3) is 5.60 Å². The maximum atomic E-state index is 14.1. The molecular formula is C21H29F3O3Si. The highest BCUT2D eigenvalue weighted by Gasteiger charge is 2.64. The maximum Gasteiger partial charge on any atom is 0.432 e. The van der Waals surface area contributed by atoms with Gasteiger partial charge in [0.1, 0.15) is 6.10 Å². The zero-order chi connectivity index (χ0) is 22.0. The summed E-state index contributed by atoms with van der Waals surface area (Å²) in [6.45, 7) is 15.1. The van der Waals surface area contributed by atoms with Gasteiger partial charge >= 0.3 is 12.1 Å². The van der Waals surface area contributed by atoms with E-state index in [0.29, 0.717) is 5.20 Å². The van der Waals surface area contributed by atoms with E-state index in [2.05, 4.69) is 12.3 Å². The van der Waals surface area contributed by atoms with Gasteiger partial charge in [0.2, 0.25) is 0 Å². The van der Waals surface area contributed by atoms with Gasteiger partial charge in [-0.2, -0.15) is 13.2 Å². The van der Waals surface area contributed by atoms with Gasteiger partial charge in [0, 0.05) is 18.1 Å². The van der Waals surface area contributed by atoms with Gasteiger partial charge in [-0.25, -0.2) is 4.79 Å². The van der Waals surface area contributed by atoms with Crippen molar-refractivity contribution < 1.29 is 27.4 Å². The quantitative estimate of drug-likeness (QED) is 0.343. The van der Waals surface area contributed by atoms with Crippen LogP contribution in [0.3, 0.4) is 0 Å². The number of alkyl halides is 3. The molecule has 1 unspecified atom stereocenters. The molecule has 0 amide bonds. The molecule has 1 aromatic carbocycles. The summed E-state index contributed by atoms with van der Waals surface area (Å²) in [6, 6.07) is 6.80. The molecule has 1 aromatic rings. The van der Waals surface area contributed by atoms with Crippen LogP contribution >= 0.6 is 0 Å². The van der Waals surface area contributed by atoms with E-state index in [1.807, 2.05) is 19.6 Å². The molecule has 156 valence electrons. The van der Waals surface area contributed by atoms with Crippen LogP contribution in [0.4, 0.5) is 13.2 Å². The Kier molecular flexibility index (Phi) is 7.15. The number of carbonyl (C=O) groups is 1. The average molecular weight is 415 g/mol. The first-order valence-corrected chi connectivity index (χ1v) is 12.4. The van der Waals surface area contributed by atoms with Crippen LogP contribution in [0.2, 0.25) is 19.6 Å². The maximum absolute atomic E-state index is 14.1. The molecule has 3 nitrogen and oxygen atoms in total. The number of benzene rings is 1. The molecule has 28 heavy (non-hydrogen) atoms. The predicted octanol–water partition coefficient (Wildman–Crippen LogP) is 5.64. The van der Waals surface area contributed by atoms with E-state index < -0.39 is 37.3 Å². The molecule has 0 fully saturated rings.